The maximum absolute atomic E-state index is 11.8. The van der Waals surface area contributed by atoms with Gasteiger partial charge in [-0.1, -0.05) is 54.6 Å². The highest BCUT2D eigenvalue weighted by molar-refractivity contribution is 6.14. The minimum absolute atomic E-state index is 0.446. The summed E-state index contributed by atoms with van der Waals surface area (Å²) < 4.78 is 0. The van der Waals surface area contributed by atoms with Crippen LogP contribution in [0.2, 0.25) is 0 Å². The molecule has 0 aliphatic rings. The lowest BCUT2D eigenvalue weighted by molar-refractivity contribution is -0.145. The molecule has 4 heteroatoms. The summed E-state index contributed by atoms with van der Waals surface area (Å²) in [6.07, 6.45) is -0.446. The Morgan fingerprint density at radius 3 is 2.12 bits per heavy atom. The highest BCUT2D eigenvalue weighted by Gasteiger charge is 2.25. The molecule has 0 spiro atoms. The molecule has 0 heterocycles. The molecule has 4 nitrogen and oxygen atoms in total. The maximum Gasteiger partial charge on any atom is 0.311 e. The molecule has 0 saturated carbocycles. The summed E-state index contributed by atoms with van der Waals surface area (Å²) in [6, 6.07) is 21.5. The standard InChI is InChI=1S/C22H16O4/c23-20(24)12-19(22(25)26)17-7-3-6-13-8-9-16-10-14-4-1-2-5-15(14)11-18(16)21(13)17/h1-11,19H,12H2,(H,23,24)(H,25,26). The molecule has 4 aromatic rings. The third-order valence-corrected chi connectivity index (χ3v) is 4.81. The van der Waals surface area contributed by atoms with E-state index in [1.165, 1.54) is 0 Å². The van der Waals surface area contributed by atoms with Crippen LogP contribution in [0.3, 0.4) is 0 Å². The molecule has 128 valence electrons. The van der Waals surface area contributed by atoms with Crippen molar-refractivity contribution in [1.82, 2.24) is 0 Å². The number of hydrogen-bond acceptors (Lipinski definition) is 2. The summed E-state index contributed by atoms with van der Waals surface area (Å²) in [7, 11) is 0. The zero-order valence-electron chi connectivity index (χ0n) is 13.8. The molecule has 0 amide bonds. The van der Waals surface area contributed by atoms with Crippen molar-refractivity contribution >= 4 is 44.3 Å². The molecule has 0 radical (unpaired) electrons. The number of rotatable bonds is 4. The number of carbonyl (C=O) groups is 2. The first kappa shape index (κ1) is 16.1. The molecule has 4 aromatic carbocycles. The molecule has 0 aromatic heterocycles. The molecule has 0 aliphatic heterocycles. The fourth-order valence-electron chi connectivity index (χ4n) is 3.63. The zero-order valence-corrected chi connectivity index (χ0v) is 13.8. The van der Waals surface area contributed by atoms with Crippen LogP contribution in [-0.4, -0.2) is 22.2 Å². The second kappa shape index (κ2) is 6.15. The predicted octanol–water partition coefficient (Wildman–Crippen LogP) is 4.79. The Labute approximate surface area is 149 Å². The third-order valence-electron chi connectivity index (χ3n) is 4.81. The Hall–Kier alpha value is -3.40. The predicted molar refractivity (Wildman–Crippen MR) is 102 cm³/mol. The van der Waals surface area contributed by atoms with Gasteiger partial charge in [-0.2, -0.15) is 0 Å². The fourth-order valence-corrected chi connectivity index (χ4v) is 3.63. The van der Waals surface area contributed by atoms with E-state index >= 15 is 0 Å². The molecular weight excluding hydrogens is 328 g/mol. The van der Waals surface area contributed by atoms with Crippen molar-refractivity contribution in [3.63, 3.8) is 0 Å². The first-order valence-electron chi connectivity index (χ1n) is 8.33. The Bertz CT molecular complexity index is 1180. The molecule has 2 N–H and O–H groups in total. The van der Waals surface area contributed by atoms with Crippen LogP contribution in [0.4, 0.5) is 0 Å². The third kappa shape index (κ3) is 2.65. The van der Waals surface area contributed by atoms with Crippen molar-refractivity contribution in [2.75, 3.05) is 0 Å². The molecule has 0 fully saturated rings. The summed E-state index contributed by atoms with van der Waals surface area (Å²) in [6.45, 7) is 0. The molecule has 26 heavy (non-hydrogen) atoms. The van der Waals surface area contributed by atoms with Gasteiger partial charge in [-0.25, -0.2) is 0 Å². The quantitative estimate of drug-likeness (QED) is 0.412. The molecular formula is C22H16O4. The van der Waals surface area contributed by atoms with Gasteiger partial charge in [0.25, 0.3) is 0 Å². The lowest BCUT2D eigenvalue weighted by atomic mass is 9.88. The van der Waals surface area contributed by atoms with Crippen LogP contribution in [0, 0.1) is 0 Å². The SMILES string of the molecule is O=C(O)CC(C(=O)O)c1cccc2ccc3cc4ccccc4cc3c12. The van der Waals surface area contributed by atoms with Crippen molar-refractivity contribution in [3.8, 4) is 0 Å². The minimum Gasteiger partial charge on any atom is -0.481 e. The Morgan fingerprint density at radius 1 is 0.769 bits per heavy atom. The largest absolute Gasteiger partial charge is 0.481 e. The number of carboxylic acids is 2. The Morgan fingerprint density at radius 2 is 1.42 bits per heavy atom. The molecule has 0 bridgehead atoms. The van der Waals surface area contributed by atoms with Crippen LogP contribution in [0.15, 0.2) is 66.7 Å². The van der Waals surface area contributed by atoms with Crippen LogP contribution in [-0.2, 0) is 9.59 Å². The average molecular weight is 344 g/mol. The maximum atomic E-state index is 11.8. The van der Waals surface area contributed by atoms with E-state index in [-0.39, 0.29) is 0 Å². The van der Waals surface area contributed by atoms with Crippen molar-refractivity contribution in [3.05, 3.63) is 72.3 Å². The van der Waals surface area contributed by atoms with Crippen LogP contribution >= 0.6 is 0 Å². The topological polar surface area (TPSA) is 74.6 Å². The van der Waals surface area contributed by atoms with E-state index in [0.29, 0.717) is 5.56 Å². The van der Waals surface area contributed by atoms with Gasteiger partial charge in [-0.3, -0.25) is 9.59 Å². The normalized spacial score (nSPS) is 12.5. The highest BCUT2D eigenvalue weighted by atomic mass is 16.4. The van der Waals surface area contributed by atoms with Gasteiger partial charge in [0.2, 0.25) is 0 Å². The van der Waals surface area contributed by atoms with E-state index in [9.17, 15) is 14.7 Å². The first-order valence-corrected chi connectivity index (χ1v) is 8.33. The number of carboxylic acid groups (broad SMARTS) is 2. The van der Waals surface area contributed by atoms with E-state index in [1.807, 2.05) is 42.5 Å². The van der Waals surface area contributed by atoms with Gasteiger partial charge >= 0.3 is 11.9 Å². The fraction of sp³-hybridized carbons (Fsp3) is 0.0909. The summed E-state index contributed by atoms with van der Waals surface area (Å²) in [5.74, 6) is -3.34. The van der Waals surface area contributed by atoms with Gasteiger partial charge in [0.15, 0.2) is 0 Å². The zero-order chi connectivity index (χ0) is 18.3. The number of fused-ring (bicyclic) bond motifs is 4. The van der Waals surface area contributed by atoms with Crippen molar-refractivity contribution in [1.29, 1.82) is 0 Å². The van der Waals surface area contributed by atoms with Gasteiger partial charge in [0.1, 0.15) is 0 Å². The van der Waals surface area contributed by atoms with Gasteiger partial charge < -0.3 is 10.2 Å². The Balaban J connectivity index is 2.10. The number of aliphatic carboxylic acids is 2. The molecule has 0 aliphatic carbocycles. The van der Waals surface area contributed by atoms with Crippen LogP contribution in [0.25, 0.3) is 32.3 Å². The second-order valence-corrected chi connectivity index (χ2v) is 6.42. The lowest BCUT2D eigenvalue weighted by Gasteiger charge is -2.16. The second-order valence-electron chi connectivity index (χ2n) is 6.42. The molecule has 4 rings (SSSR count). The summed E-state index contributed by atoms with van der Waals surface area (Å²) in [5, 5.41) is 24.6. The van der Waals surface area contributed by atoms with Crippen LogP contribution < -0.4 is 0 Å². The van der Waals surface area contributed by atoms with Gasteiger partial charge in [0.05, 0.1) is 12.3 Å². The van der Waals surface area contributed by atoms with E-state index in [0.717, 1.165) is 32.3 Å². The average Bonchev–Trinajstić information content (AvgIpc) is 2.63. The number of hydrogen-bond donors (Lipinski definition) is 2. The first-order chi connectivity index (χ1) is 12.5. The van der Waals surface area contributed by atoms with E-state index in [4.69, 9.17) is 5.11 Å². The monoisotopic (exact) mass is 344 g/mol. The smallest absolute Gasteiger partial charge is 0.311 e. The van der Waals surface area contributed by atoms with Crippen LogP contribution in [0.5, 0.6) is 0 Å². The van der Waals surface area contributed by atoms with E-state index < -0.39 is 24.3 Å². The summed E-state index contributed by atoms with van der Waals surface area (Å²) in [5.41, 5.74) is 0.540. The lowest BCUT2D eigenvalue weighted by Crippen LogP contribution is -2.16. The van der Waals surface area contributed by atoms with Crippen LogP contribution in [0.1, 0.15) is 17.9 Å². The summed E-state index contributed by atoms with van der Waals surface area (Å²) in [4.78, 5) is 23.0. The van der Waals surface area contributed by atoms with E-state index in [1.54, 1.807) is 12.1 Å². The van der Waals surface area contributed by atoms with Crippen molar-refractivity contribution in [2.24, 2.45) is 0 Å². The molecule has 0 saturated heterocycles. The van der Waals surface area contributed by atoms with Crippen molar-refractivity contribution in [2.45, 2.75) is 12.3 Å². The van der Waals surface area contributed by atoms with Gasteiger partial charge in [-0.15, -0.1) is 0 Å². The van der Waals surface area contributed by atoms with Gasteiger partial charge in [-0.05, 0) is 50.0 Å². The number of benzene rings is 4. The van der Waals surface area contributed by atoms with Crippen molar-refractivity contribution < 1.29 is 19.8 Å². The summed E-state index contributed by atoms with van der Waals surface area (Å²) >= 11 is 0. The Kier molecular flexibility index (Phi) is 3.81. The van der Waals surface area contributed by atoms with Gasteiger partial charge in [0, 0.05) is 0 Å². The highest BCUT2D eigenvalue weighted by Crippen LogP contribution is 2.35. The molecule has 1 atom stereocenters. The minimum atomic E-state index is -1.13. The van der Waals surface area contributed by atoms with E-state index in [2.05, 4.69) is 12.1 Å². The molecule has 1 unspecified atom stereocenters.